The highest BCUT2D eigenvalue weighted by atomic mass is 16.7. The van der Waals surface area contributed by atoms with Gasteiger partial charge in [-0.1, -0.05) is 31.9 Å². The van der Waals surface area contributed by atoms with Crippen LogP contribution in [0.3, 0.4) is 0 Å². The van der Waals surface area contributed by atoms with Crippen LogP contribution in [0.25, 0.3) is 0 Å². The molecule has 0 saturated heterocycles. The van der Waals surface area contributed by atoms with Crippen LogP contribution in [0.5, 0.6) is 11.5 Å². The number of benzene rings is 1. The zero-order valence-corrected chi connectivity index (χ0v) is 9.65. The Morgan fingerprint density at radius 3 is 2.88 bits per heavy atom. The molecule has 1 aromatic rings. The molecular weight excluding hydrogens is 204 g/mol. The summed E-state index contributed by atoms with van der Waals surface area (Å²) in [6.07, 6.45) is 3.22. The predicted octanol–water partition coefficient (Wildman–Crippen LogP) is 2.99. The average molecular weight is 222 g/mol. The normalized spacial score (nSPS) is 18.4. The van der Waals surface area contributed by atoms with Crippen molar-refractivity contribution in [3.63, 3.8) is 0 Å². The zero-order chi connectivity index (χ0) is 11.2. The first-order valence-corrected chi connectivity index (χ1v) is 5.90. The molecule has 0 bridgehead atoms. The predicted molar refractivity (Wildman–Crippen MR) is 61.8 cm³/mol. The van der Waals surface area contributed by atoms with Crippen LogP contribution in [0, 0.1) is 0 Å². The smallest absolute Gasteiger partial charge is 0.234 e. The van der Waals surface area contributed by atoms with Gasteiger partial charge in [-0.15, -0.1) is 0 Å². The molecule has 0 spiro atoms. The van der Waals surface area contributed by atoms with Crippen LogP contribution in [0.4, 0.5) is 0 Å². The van der Waals surface area contributed by atoms with Crippen molar-refractivity contribution < 1.29 is 14.2 Å². The second kappa shape index (κ2) is 5.75. The number of para-hydroxylation sites is 2. The van der Waals surface area contributed by atoms with Crippen molar-refractivity contribution in [1.82, 2.24) is 0 Å². The summed E-state index contributed by atoms with van der Waals surface area (Å²) in [5, 5.41) is 0. The molecule has 0 fully saturated rings. The van der Waals surface area contributed by atoms with E-state index in [-0.39, 0.29) is 6.29 Å². The van der Waals surface area contributed by atoms with Gasteiger partial charge in [-0.05, 0) is 18.6 Å². The van der Waals surface area contributed by atoms with E-state index in [0.29, 0.717) is 6.61 Å². The van der Waals surface area contributed by atoms with E-state index >= 15 is 0 Å². The monoisotopic (exact) mass is 222 g/mol. The van der Waals surface area contributed by atoms with E-state index in [4.69, 9.17) is 14.2 Å². The van der Waals surface area contributed by atoms with Crippen LogP contribution >= 0.6 is 0 Å². The average Bonchev–Trinajstić information content (AvgIpc) is 2.34. The highest BCUT2D eigenvalue weighted by molar-refractivity contribution is 5.40. The maximum Gasteiger partial charge on any atom is 0.234 e. The molecular formula is C13H18O3. The lowest BCUT2D eigenvalue weighted by atomic mass is 10.3. The molecule has 0 amide bonds. The summed E-state index contributed by atoms with van der Waals surface area (Å²) < 4.78 is 16.8. The fourth-order valence-corrected chi connectivity index (χ4v) is 1.65. The van der Waals surface area contributed by atoms with Gasteiger partial charge in [0.25, 0.3) is 0 Å². The molecule has 1 heterocycles. The van der Waals surface area contributed by atoms with Crippen LogP contribution < -0.4 is 9.47 Å². The van der Waals surface area contributed by atoms with Gasteiger partial charge in [0.1, 0.15) is 0 Å². The Morgan fingerprint density at radius 2 is 2.06 bits per heavy atom. The summed E-state index contributed by atoms with van der Waals surface area (Å²) in [4.78, 5) is 0. The standard InChI is InChI=1S/C13H18O3/c1-2-3-6-9-14-13-10-15-11-7-4-5-8-12(11)16-13/h4-5,7-8,13H,2-3,6,9-10H2,1H3. The summed E-state index contributed by atoms with van der Waals surface area (Å²) in [6.45, 7) is 3.39. The molecule has 1 aromatic carbocycles. The zero-order valence-electron chi connectivity index (χ0n) is 9.65. The van der Waals surface area contributed by atoms with Crippen LogP contribution in [-0.2, 0) is 4.74 Å². The van der Waals surface area contributed by atoms with Gasteiger partial charge >= 0.3 is 0 Å². The molecule has 1 unspecified atom stereocenters. The first-order valence-electron chi connectivity index (χ1n) is 5.90. The third-order valence-electron chi connectivity index (χ3n) is 2.53. The minimum atomic E-state index is -0.258. The van der Waals surface area contributed by atoms with E-state index < -0.39 is 0 Å². The van der Waals surface area contributed by atoms with E-state index in [1.54, 1.807) is 0 Å². The third-order valence-corrected chi connectivity index (χ3v) is 2.53. The molecule has 0 radical (unpaired) electrons. The van der Waals surface area contributed by atoms with Gasteiger partial charge in [0.15, 0.2) is 18.1 Å². The van der Waals surface area contributed by atoms with E-state index in [2.05, 4.69) is 6.92 Å². The molecule has 1 atom stereocenters. The van der Waals surface area contributed by atoms with Crippen molar-refractivity contribution in [3.05, 3.63) is 24.3 Å². The highest BCUT2D eigenvalue weighted by Gasteiger charge is 2.20. The minimum Gasteiger partial charge on any atom is -0.483 e. The largest absolute Gasteiger partial charge is 0.483 e. The van der Waals surface area contributed by atoms with Crippen LogP contribution in [-0.4, -0.2) is 19.5 Å². The summed E-state index contributed by atoms with van der Waals surface area (Å²) in [7, 11) is 0. The van der Waals surface area contributed by atoms with Crippen LogP contribution in [0.1, 0.15) is 26.2 Å². The maximum absolute atomic E-state index is 5.66. The fourth-order valence-electron chi connectivity index (χ4n) is 1.65. The minimum absolute atomic E-state index is 0.258. The van der Waals surface area contributed by atoms with Gasteiger partial charge in [-0.25, -0.2) is 0 Å². The number of ether oxygens (including phenoxy) is 3. The SMILES string of the molecule is CCCCCOC1COc2ccccc2O1. The second-order valence-electron chi connectivity index (χ2n) is 3.88. The molecule has 1 aliphatic heterocycles. The number of unbranched alkanes of at least 4 members (excludes halogenated alkanes) is 2. The Morgan fingerprint density at radius 1 is 1.25 bits per heavy atom. The van der Waals surface area contributed by atoms with Crippen molar-refractivity contribution >= 4 is 0 Å². The Kier molecular flexibility index (Phi) is 4.05. The van der Waals surface area contributed by atoms with E-state index in [9.17, 15) is 0 Å². The Bertz CT molecular complexity index is 325. The van der Waals surface area contributed by atoms with E-state index in [1.807, 2.05) is 24.3 Å². The van der Waals surface area contributed by atoms with Crippen LogP contribution in [0.2, 0.25) is 0 Å². The summed E-state index contributed by atoms with van der Waals surface area (Å²) in [5.74, 6) is 1.57. The third kappa shape index (κ3) is 2.89. The first-order chi connectivity index (χ1) is 7.90. The number of rotatable bonds is 5. The van der Waals surface area contributed by atoms with Crippen molar-refractivity contribution in [1.29, 1.82) is 0 Å². The lowest BCUT2D eigenvalue weighted by Gasteiger charge is -2.26. The van der Waals surface area contributed by atoms with Crippen molar-refractivity contribution in [3.8, 4) is 11.5 Å². The van der Waals surface area contributed by atoms with Crippen molar-refractivity contribution in [2.24, 2.45) is 0 Å². The highest BCUT2D eigenvalue weighted by Crippen LogP contribution is 2.31. The van der Waals surface area contributed by atoms with Gasteiger partial charge in [0.05, 0.1) is 6.61 Å². The Hall–Kier alpha value is -1.22. The number of hydrogen-bond donors (Lipinski definition) is 0. The molecule has 0 N–H and O–H groups in total. The summed E-state index contributed by atoms with van der Waals surface area (Å²) in [5.41, 5.74) is 0. The Balaban J connectivity index is 1.79. The maximum atomic E-state index is 5.66. The van der Waals surface area contributed by atoms with Gasteiger partial charge in [0, 0.05) is 0 Å². The van der Waals surface area contributed by atoms with E-state index in [0.717, 1.165) is 24.5 Å². The molecule has 16 heavy (non-hydrogen) atoms. The number of hydrogen-bond acceptors (Lipinski definition) is 3. The number of fused-ring (bicyclic) bond motifs is 1. The molecule has 1 aliphatic rings. The van der Waals surface area contributed by atoms with Gasteiger partial charge in [0.2, 0.25) is 6.29 Å². The lowest BCUT2D eigenvalue weighted by Crippen LogP contribution is -2.31. The topological polar surface area (TPSA) is 27.7 Å². The molecule has 3 nitrogen and oxygen atoms in total. The molecule has 0 saturated carbocycles. The fraction of sp³-hybridized carbons (Fsp3) is 0.538. The van der Waals surface area contributed by atoms with Gasteiger partial charge in [-0.3, -0.25) is 0 Å². The molecule has 0 aliphatic carbocycles. The van der Waals surface area contributed by atoms with Gasteiger partial charge in [-0.2, -0.15) is 0 Å². The summed E-state index contributed by atoms with van der Waals surface area (Å²) >= 11 is 0. The van der Waals surface area contributed by atoms with Crippen molar-refractivity contribution in [2.75, 3.05) is 13.2 Å². The van der Waals surface area contributed by atoms with Crippen molar-refractivity contribution in [2.45, 2.75) is 32.5 Å². The second-order valence-corrected chi connectivity index (χ2v) is 3.88. The molecule has 2 rings (SSSR count). The Labute approximate surface area is 96.3 Å². The quantitative estimate of drug-likeness (QED) is 0.717. The van der Waals surface area contributed by atoms with Crippen LogP contribution in [0.15, 0.2) is 24.3 Å². The summed E-state index contributed by atoms with van der Waals surface area (Å²) in [6, 6.07) is 7.67. The molecule has 88 valence electrons. The first kappa shape index (κ1) is 11.3. The molecule has 3 heteroatoms. The van der Waals surface area contributed by atoms with Gasteiger partial charge < -0.3 is 14.2 Å². The van der Waals surface area contributed by atoms with E-state index in [1.165, 1.54) is 12.8 Å². The molecule has 0 aromatic heterocycles. The lowest BCUT2D eigenvalue weighted by molar-refractivity contribution is -0.116.